The maximum absolute atomic E-state index is 12.4. The number of aromatic nitrogens is 1. The van der Waals surface area contributed by atoms with E-state index in [1.807, 2.05) is 31.2 Å². The van der Waals surface area contributed by atoms with Crippen LogP contribution in [0.5, 0.6) is 0 Å². The number of anilines is 2. The summed E-state index contributed by atoms with van der Waals surface area (Å²) in [5.74, 6) is 0.653. The highest BCUT2D eigenvalue weighted by Gasteiger charge is 2.15. The number of nitrogens with zero attached hydrogens (tertiary/aromatic N) is 3. The van der Waals surface area contributed by atoms with Crippen LogP contribution in [0.1, 0.15) is 28.1 Å². The van der Waals surface area contributed by atoms with Crippen molar-refractivity contribution in [2.24, 2.45) is 0 Å². The van der Waals surface area contributed by atoms with Crippen molar-refractivity contribution in [1.29, 1.82) is 0 Å². The van der Waals surface area contributed by atoms with Gasteiger partial charge in [0, 0.05) is 60.3 Å². The Balaban J connectivity index is 1.61. The summed E-state index contributed by atoms with van der Waals surface area (Å²) in [5.41, 5.74) is 1.80. The summed E-state index contributed by atoms with van der Waals surface area (Å²) in [4.78, 5) is 22.4. The fraction of sp³-hybridized carbons (Fsp3) is 0.444. The Hall–Kier alpha value is -1.63. The third kappa shape index (κ3) is 4.51. The third-order valence-corrected chi connectivity index (χ3v) is 6.07. The second kappa shape index (κ2) is 8.17. The molecule has 3 rings (SSSR count). The van der Waals surface area contributed by atoms with E-state index in [4.69, 9.17) is 11.6 Å². The average molecular weight is 379 g/mol. The van der Waals surface area contributed by atoms with Gasteiger partial charge in [-0.15, -0.1) is 22.9 Å². The van der Waals surface area contributed by atoms with E-state index in [1.54, 1.807) is 6.20 Å². The second-order valence-corrected chi connectivity index (χ2v) is 7.79. The van der Waals surface area contributed by atoms with Gasteiger partial charge in [0.1, 0.15) is 0 Å². The van der Waals surface area contributed by atoms with Crippen LogP contribution in [0.2, 0.25) is 0 Å². The number of amides is 1. The Labute approximate surface area is 157 Å². The minimum absolute atomic E-state index is 0.135. The predicted molar refractivity (Wildman–Crippen MR) is 105 cm³/mol. The fourth-order valence-corrected chi connectivity index (χ4v) is 3.83. The van der Waals surface area contributed by atoms with Gasteiger partial charge in [-0.3, -0.25) is 10.1 Å². The van der Waals surface area contributed by atoms with E-state index in [2.05, 4.69) is 27.1 Å². The SMILES string of the molecule is CC(CCl)c1cnc(NC(=O)c2ccc(N3CCN(C)CC3)cc2)s1. The van der Waals surface area contributed by atoms with Crippen molar-refractivity contribution in [1.82, 2.24) is 9.88 Å². The summed E-state index contributed by atoms with van der Waals surface area (Å²) in [6, 6.07) is 7.78. The standard InChI is InChI=1S/C18H23ClN4OS/c1-13(11-19)16-12-20-18(25-16)21-17(24)14-3-5-15(6-4-14)23-9-7-22(2)8-10-23/h3-6,12-13H,7-11H2,1-2H3,(H,20,21,24). The van der Waals surface area contributed by atoms with E-state index in [0.29, 0.717) is 16.6 Å². The van der Waals surface area contributed by atoms with Gasteiger partial charge in [0.15, 0.2) is 5.13 Å². The van der Waals surface area contributed by atoms with Gasteiger partial charge in [-0.05, 0) is 31.3 Å². The number of benzene rings is 1. The van der Waals surface area contributed by atoms with Gasteiger partial charge in [0.2, 0.25) is 0 Å². The van der Waals surface area contributed by atoms with E-state index in [1.165, 1.54) is 11.3 Å². The first-order valence-electron chi connectivity index (χ1n) is 8.43. The normalized spacial score (nSPS) is 16.7. The number of nitrogens with one attached hydrogen (secondary N) is 1. The number of carbonyl (C=O) groups is 1. The summed E-state index contributed by atoms with van der Waals surface area (Å²) < 4.78 is 0. The monoisotopic (exact) mass is 378 g/mol. The molecule has 1 unspecified atom stereocenters. The van der Waals surface area contributed by atoms with Gasteiger partial charge < -0.3 is 9.80 Å². The molecule has 0 saturated carbocycles. The molecule has 0 bridgehead atoms. The third-order valence-electron chi connectivity index (χ3n) is 4.46. The zero-order valence-electron chi connectivity index (χ0n) is 14.5. The summed E-state index contributed by atoms with van der Waals surface area (Å²) in [6.07, 6.45) is 1.78. The zero-order chi connectivity index (χ0) is 17.8. The highest BCUT2D eigenvalue weighted by Crippen LogP contribution is 2.27. The van der Waals surface area contributed by atoms with Crippen molar-refractivity contribution >= 4 is 39.7 Å². The van der Waals surface area contributed by atoms with Crippen molar-refractivity contribution in [2.45, 2.75) is 12.8 Å². The molecular weight excluding hydrogens is 356 g/mol. The Kier molecular flexibility index (Phi) is 5.93. The van der Waals surface area contributed by atoms with E-state index in [9.17, 15) is 4.79 Å². The molecule has 1 amide bonds. The van der Waals surface area contributed by atoms with Crippen LogP contribution in [0.4, 0.5) is 10.8 Å². The molecule has 0 spiro atoms. The minimum atomic E-state index is -0.135. The predicted octanol–water partition coefficient (Wildman–Crippen LogP) is 3.49. The molecule has 2 heterocycles. The molecule has 0 radical (unpaired) electrons. The van der Waals surface area contributed by atoms with Crippen LogP contribution in [0.3, 0.4) is 0 Å². The van der Waals surface area contributed by atoms with Crippen molar-refractivity contribution in [3.05, 3.63) is 40.9 Å². The summed E-state index contributed by atoms with van der Waals surface area (Å²) in [7, 11) is 2.14. The number of thiazole rings is 1. The fourth-order valence-electron chi connectivity index (χ4n) is 2.71. The van der Waals surface area contributed by atoms with Crippen LogP contribution in [-0.4, -0.2) is 54.9 Å². The van der Waals surface area contributed by atoms with Crippen molar-refractivity contribution in [2.75, 3.05) is 49.3 Å². The van der Waals surface area contributed by atoms with Gasteiger partial charge >= 0.3 is 0 Å². The van der Waals surface area contributed by atoms with Crippen molar-refractivity contribution < 1.29 is 4.79 Å². The maximum atomic E-state index is 12.4. The Morgan fingerprint density at radius 2 is 1.96 bits per heavy atom. The Morgan fingerprint density at radius 1 is 1.28 bits per heavy atom. The largest absolute Gasteiger partial charge is 0.369 e. The van der Waals surface area contributed by atoms with Crippen molar-refractivity contribution in [3.63, 3.8) is 0 Å². The molecule has 5 nitrogen and oxygen atoms in total. The molecule has 2 aromatic rings. The summed E-state index contributed by atoms with van der Waals surface area (Å²) >= 11 is 7.34. The first-order valence-corrected chi connectivity index (χ1v) is 9.78. The zero-order valence-corrected chi connectivity index (χ0v) is 16.1. The second-order valence-electron chi connectivity index (χ2n) is 6.41. The molecule has 1 N–H and O–H groups in total. The quantitative estimate of drug-likeness (QED) is 0.809. The van der Waals surface area contributed by atoms with Gasteiger partial charge in [-0.2, -0.15) is 0 Å². The summed E-state index contributed by atoms with van der Waals surface area (Å²) in [5, 5.41) is 3.48. The minimum Gasteiger partial charge on any atom is -0.369 e. The molecule has 0 aliphatic carbocycles. The molecule has 1 aliphatic rings. The number of hydrogen-bond acceptors (Lipinski definition) is 5. The van der Waals surface area contributed by atoms with E-state index in [0.717, 1.165) is 36.7 Å². The number of carbonyl (C=O) groups excluding carboxylic acids is 1. The molecule has 134 valence electrons. The highest BCUT2D eigenvalue weighted by molar-refractivity contribution is 7.15. The molecule has 7 heteroatoms. The molecular formula is C18H23ClN4OS. The van der Waals surface area contributed by atoms with Crippen LogP contribution in [0.15, 0.2) is 30.5 Å². The molecule has 1 saturated heterocycles. The molecule has 1 aliphatic heterocycles. The summed E-state index contributed by atoms with van der Waals surface area (Å²) in [6.45, 7) is 6.21. The lowest BCUT2D eigenvalue weighted by Crippen LogP contribution is -2.44. The Morgan fingerprint density at radius 3 is 2.60 bits per heavy atom. The molecule has 1 fully saturated rings. The first-order chi connectivity index (χ1) is 12.1. The number of hydrogen-bond donors (Lipinski definition) is 1. The van der Waals surface area contributed by atoms with E-state index >= 15 is 0 Å². The molecule has 1 atom stereocenters. The maximum Gasteiger partial charge on any atom is 0.257 e. The van der Waals surface area contributed by atoms with Crippen LogP contribution in [0, 0.1) is 0 Å². The number of halogens is 1. The lowest BCUT2D eigenvalue weighted by atomic mass is 10.1. The number of likely N-dealkylation sites (N-methyl/N-ethyl adjacent to an activating group) is 1. The smallest absolute Gasteiger partial charge is 0.257 e. The number of alkyl halides is 1. The lowest BCUT2D eigenvalue weighted by Gasteiger charge is -2.34. The van der Waals surface area contributed by atoms with Crippen LogP contribution >= 0.6 is 22.9 Å². The molecule has 25 heavy (non-hydrogen) atoms. The topological polar surface area (TPSA) is 48.5 Å². The van der Waals surface area contributed by atoms with Gasteiger partial charge in [0.05, 0.1) is 0 Å². The van der Waals surface area contributed by atoms with Crippen molar-refractivity contribution in [3.8, 4) is 0 Å². The molecule has 1 aromatic heterocycles. The van der Waals surface area contributed by atoms with Crippen LogP contribution in [-0.2, 0) is 0 Å². The number of piperazine rings is 1. The number of rotatable bonds is 5. The first kappa shape index (κ1) is 18.2. The van der Waals surface area contributed by atoms with E-state index in [-0.39, 0.29) is 11.8 Å². The Bertz CT molecular complexity index is 710. The van der Waals surface area contributed by atoms with Gasteiger partial charge in [-0.25, -0.2) is 4.98 Å². The van der Waals surface area contributed by atoms with Crippen LogP contribution in [0.25, 0.3) is 0 Å². The highest BCUT2D eigenvalue weighted by atomic mass is 35.5. The lowest BCUT2D eigenvalue weighted by molar-refractivity contribution is 0.102. The van der Waals surface area contributed by atoms with Gasteiger partial charge in [-0.1, -0.05) is 6.92 Å². The van der Waals surface area contributed by atoms with Gasteiger partial charge in [0.25, 0.3) is 5.91 Å². The molecule has 1 aromatic carbocycles. The van der Waals surface area contributed by atoms with E-state index < -0.39 is 0 Å². The van der Waals surface area contributed by atoms with Crippen LogP contribution < -0.4 is 10.2 Å². The average Bonchev–Trinajstić information content (AvgIpc) is 3.10.